The monoisotopic (exact) mass is 547 g/mol. The highest BCUT2D eigenvalue weighted by Gasteiger charge is 2.23. The van der Waals surface area contributed by atoms with Crippen molar-refractivity contribution in [3.63, 3.8) is 0 Å². The third-order valence-corrected chi connectivity index (χ3v) is 7.88. The first-order valence-corrected chi connectivity index (χ1v) is 14.8. The SMILES string of the molecule is C=CC(=C)N(c1ccc(-c2cccc(C(C)(C)C)c2C(C)C)cc1)c1ccc(-c2ccccc2)cc1-c1ccccc1. The Bertz CT molecular complexity index is 1680. The molecule has 0 saturated heterocycles. The molecule has 5 aromatic carbocycles. The van der Waals surface area contributed by atoms with Gasteiger partial charge in [-0.1, -0.05) is 145 Å². The predicted octanol–water partition coefficient (Wildman–Crippen LogP) is 11.9. The molecule has 0 radical (unpaired) electrons. The highest BCUT2D eigenvalue weighted by molar-refractivity contribution is 5.88. The van der Waals surface area contributed by atoms with Gasteiger partial charge in [0.25, 0.3) is 0 Å². The van der Waals surface area contributed by atoms with E-state index in [1.807, 2.05) is 6.08 Å². The fourth-order valence-electron chi connectivity index (χ4n) is 5.82. The fraction of sp³-hybridized carbons (Fsp3) is 0.171. The third kappa shape index (κ3) is 5.87. The quantitative estimate of drug-likeness (QED) is 0.175. The van der Waals surface area contributed by atoms with E-state index in [9.17, 15) is 0 Å². The molecule has 1 nitrogen and oxygen atoms in total. The first-order chi connectivity index (χ1) is 20.2. The van der Waals surface area contributed by atoms with E-state index in [1.54, 1.807) is 0 Å². The second-order valence-corrected chi connectivity index (χ2v) is 12.2. The molecule has 0 fully saturated rings. The van der Waals surface area contributed by atoms with Crippen LogP contribution in [0, 0.1) is 0 Å². The second kappa shape index (κ2) is 12.1. The van der Waals surface area contributed by atoms with Gasteiger partial charge in [-0.3, -0.25) is 0 Å². The lowest BCUT2D eigenvalue weighted by Crippen LogP contribution is -2.16. The van der Waals surface area contributed by atoms with Gasteiger partial charge in [-0.05, 0) is 80.6 Å². The van der Waals surface area contributed by atoms with Crippen LogP contribution in [0.5, 0.6) is 0 Å². The maximum Gasteiger partial charge on any atom is 0.0540 e. The first kappa shape index (κ1) is 28.9. The van der Waals surface area contributed by atoms with Gasteiger partial charge in [0.2, 0.25) is 0 Å². The Hall–Kier alpha value is -4.62. The molecule has 0 saturated carbocycles. The molecule has 1 heteroatoms. The molecular formula is C41H41N. The Kier molecular flexibility index (Phi) is 8.31. The van der Waals surface area contributed by atoms with Crippen LogP contribution in [0.3, 0.4) is 0 Å². The minimum absolute atomic E-state index is 0.0772. The Morgan fingerprint density at radius 2 is 1.21 bits per heavy atom. The summed E-state index contributed by atoms with van der Waals surface area (Å²) in [6.07, 6.45) is 1.83. The summed E-state index contributed by atoms with van der Waals surface area (Å²) in [4.78, 5) is 2.21. The number of hydrogen-bond acceptors (Lipinski definition) is 1. The van der Waals surface area contributed by atoms with Crippen LogP contribution in [-0.2, 0) is 5.41 Å². The summed E-state index contributed by atoms with van der Waals surface area (Å²) in [7, 11) is 0. The number of rotatable bonds is 8. The molecular weight excluding hydrogens is 506 g/mol. The molecule has 5 aromatic rings. The van der Waals surface area contributed by atoms with Crippen LogP contribution < -0.4 is 4.90 Å². The van der Waals surface area contributed by atoms with E-state index in [4.69, 9.17) is 0 Å². The Morgan fingerprint density at radius 1 is 0.643 bits per heavy atom. The van der Waals surface area contributed by atoms with Gasteiger partial charge < -0.3 is 4.90 Å². The lowest BCUT2D eigenvalue weighted by molar-refractivity contribution is 0.577. The van der Waals surface area contributed by atoms with E-state index >= 15 is 0 Å². The summed E-state index contributed by atoms with van der Waals surface area (Å²) in [5.74, 6) is 0.420. The van der Waals surface area contributed by atoms with E-state index in [0.29, 0.717) is 5.92 Å². The van der Waals surface area contributed by atoms with Crippen molar-refractivity contribution in [2.75, 3.05) is 4.90 Å². The average Bonchev–Trinajstić information content (AvgIpc) is 3.01. The zero-order valence-corrected chi connectivity index (χ0v) is 25.6. The topological polar surface area (TPSA) is 3.24 Å². The van der Waals surface area contributed by atoms with Gasteiger partial charge in [0.1, 0.15) is 0 Å². The normalized spacial score (nSPS) is 11.4. The van der Waals surface area contributed by atoms with E-state index in [1.165, 1.54) is 33.4 Å². The number of nitrogens with zero attached hydrogens (tertiary/aromatic N) is 1. The molecule has 0 heterocycles. The largest absolute Gasteiger partial charge is 0.310 e. The van der Waals surface area contributed by atoms with Gasteiger partial charge >= 0.3 is 0 Å². The van der Waals surface area contributed by atoms with E-state index < -0.39 is 0 Å². The van der Waals surface area contributed by atoms with Crippen molar-refractivity contribution in [2.45, 2.75) is 46.0 Å². The molecule has 0 spiro atoms. The third-order valence-electron chi connectivity index (χ3n) is 7.88. The van der Waals surface area contributed by atoms with E-state index in [2.05, 4.69) is 174 Å². The number of benzene rings is 5. The van der Waals surface area contributed by atoms with Gasteiger partial charge in [-0.15, -0.1) is 0 Å². The maximum atomic E-state index is 4.41. The molecule has 0 unspecified atom stereocenters. The summed E-state index contributed by atoms with van der Waals surface area (Å²) in [5, 5.41) is 0. The van der Waals surface area contributed by atoms with Gasteiger partial charge in [0.05, 0.1) is 5.69 Å². The molecule has 210 valence electrons. The van der Waals surface area contributed by atoms with E-state index in [-0.39, 0.29) is 5.41 Å². The van der Waals surface area contributed by atoms with Crippen LogP contribution >= 0.6 is 0 Å². The lowest BCUT2D eigenvalue weighted by atomic mass is 9.77. The number of allylic oxidation sites excluding steroid dienone is 1. The molecule has 0 atom stereocenters. The molecule has 0 N–H and O–H groups in total. The molecule has 0 aliphatic carbocycles. The van der Waals surface area contributed by atoms with Crippen LogP contribution in [0.25, 0.3) is 33.4 Å². The predicted molar refractivity (Wildman–Crippen MR) is 183 cm³/mol. The zero-order chi connectivity index (χ0) is 29.9. The van der Waals surface area contributed by atoms with Crippen molar-refractivity contribution < 1.29 is 0 Å². The van der Waals surface area contributed by atoms with Crippen molar-refractivity contribution in [1.82, 2.24) is 0 Å². The lowest BCUT2D eigenvalue weighted by Gasteiger charge is -2.29. The van der Waals surface area contributed by atoms with Crippen LogP contribution in [0.2, 0.25) is 0 Å². The van der Waals surface area contributed by atoms with Gasteiger partial charge in [0.15, 0.2) is 0 Å². The van der Waals surface area contributed by atoms with Crippen molar-refractivity contribution in [3.05, 3.63) is 157 Å². The fourth-order valence-corrected chi connectivity index (χ4v) is 5.82. The molecule has 42 heavy (non-hydrogen) atoms. The van der Waals surface area contributed by atoms with Crippen molar-refractivity contribution in [3.8, 4) is 33.4 Å². The first-order valence-electron chi connectivity index (χ1n) is 14.8. The molecule has 0 aliphatic rings. The highest BCUT2D eigenvalue weighted by atomic mass is 15.1. The summed E-state index contributed by atoms with van der Waals surface area (Å²) in [6, 6.07) is 43.4. The van der Waals surface area contributed by atoms with Crippen LogP contribution in [-0.4, -0.2) is 0 Å². The van der Waals surface area contributed by atoms with Crippen LogP contribution in [0.15, 0.2) is 146 Å². The van der Waals surface area contributed by atoms with Crippen LogP contribution in [0.4, 0.5) is 11.4 Å². The summed E-state index contributed by atoms with van der Waals surface area (Å²) in [6.45, 7) is 20.0. The van der Waals surface area contributed by atoms with Crippen molar-refractivity contribution >= 4 is 11.4 Å². The van der Waals surface area contributed by atoms with Gasteiger partial charge in [-0.2, -0.15) is 0 Å². The molecule has 0 bridgehead atoms. The standard InChI is InChI=1S/C41H41N/c1-8-30(4)42(35-25-22-33(23-26-35)36-20-15-21-38(41(5,6)7)40(36)29(2)3)39-27-24-34(31-16-11-9-12-17-31)28-37(39)32-18-13-10-14-19-32/h8-29H,1,4H2,2-3,5-7H3. The number of anilines is 2. The summed E-state index contributed by atoms with van der Waals surface area (Å²) < 4.78 is 0. The molecule has 0 amide bonds. The number of hydrogen-bond donors (Lipinski definition) is 0. The minimum Gasteiger partial charge on any atom is -0.310 e. The Morgan fingerprint density at radius 3 is 1.79 bits per heavy atom. The Balaban J connectivity index is 1.64. The van der Waals surface area contributed by atoms with Crippen molar-refractivity contribution in [2.24, 2.45) is 0 Å². The minimum atomic E-state index is 0.0772. The second-order valence-electron chi connectivity index (χ2n) is 12.2. The molecule has 0 aromatic heterocycles. The zero-order valence-electron chi connectivity index (χ0n) is 25.6. The summed E-state index contributed by atoms with van der Waals surface area (Å²) >= 11 is 0. The summed E-state index contributed by atoms with van der Waals surface area (Å²) in [5.41, 5.74) is 13.0. The van der Waals surface area contributed by atoms with E-state index in [0.717, 1.165) is 28.2 Å². The van der Waals surface area contributed by atoms with Crippen molar-refractivity contribution in [1.29, 1.82) is 0 Å². The van der Waals surface area contributed by atoms with Gasteiger partial charge in [0, 0.05) is 16.9 Å². The average molecular weight is 548 g/mol. The van der Waals surface area contributed by atoms with Gasteiger partial charge in [-0.25, -0.2) is 0 Å². The molecule has 0 aliphatic heterocycles. The molecule has 5 rings (SSSR count). The Labute approximate surface area is 252 Å². The maximum absolute atomic E-state index is 4.41. The smallest absolute Gasteiger partial charge is 0.0540 e. The highest BCUT2D eigenvalue weighted by Crippen LogP contribution is 2.42. The van der Waals surface area contributed by atoms with Crippen LogP contribution in [0.1, 0.15) is 51.7 Å².